The highest BCUT2D eigenvalue weighted by Crippen LogP contribution is 2.78. The molecule has 1 N–H and O–H groups in total. The summed E-state index contributed by atoms with van der Waals surface area (Å²) in [5, 5.41) is 8.72. The first-order valence-electron chi connectivity index (χ1n) is 5.56. The molecule has 3 aliphatic rings. The van der Waals surface area contributed by atoms with Gasteiger partial charge in [-0.25, -0.2) is 0 Å². The molecule has 2 spiro atoms. The molecule has 0 aromatic carbocycles. The molecular formula is C11H18O2. The van der Waals surface area contributed by atoms with E-state index in [-0.39, 0.29) is 6.61 Å². The van der Waals surface area contributed by atoms with Crippen molar-refractivity contribution in [3.63, 3.8) is 0 Å². The first-order valence-corrected chi connectivity index (χ1v) is 5.56. The van der Waals surface area contributed by atoms with Crippen molar-refractivity contribution in [2.75, 3.05) is 13.2 Å². The molecule has 0 aromatic heterocycles. The van der Waals surface area contributed by atoms with E-state index in [4.69, 9.17) is 9.84 Å². The van der Waals surface area contributed by atoms with Crippen molar-refractivity contribution in [1.82, 2.24) is 0 Å². The van der Waals surface area contributed by atoms with Crippen molar-refractivity contribution in [3.05, 3.63) is 0 Å². The number of aliphatic hydroxyl groups excluding tert-OH is 1. The summed E-state index contributed by atoms with van der Waals surface area (Å²) in [6, 6.07) is 0. The lowest BCUT2D eigenvalue weighted by Gasteiger charge is -2.62. The molecule has 0 bridgehead atoms. The van der Waals surface area contributed by atoms with Crippen LogP contribution in [0, 0.1) is 10.8 Å². The molecule has 3 rings (SSSR count). The maximum absolute atomic E-state index is 8.72. The normalized spacial score (nSPS) is 44.5. The van der Waals surface area contributed by atoms with Gasteiger partial charge in [-0.15, -0.1) is 0 Å². The van der Waals surface area contributed by atoms with Crippen LogP contribution in [-0.2, 0) is 4.74 Å². The molecular weight excluding hydrogens is 164 g/mol. The van der Waals surface area contributed by atoms with Crippen molar-refractivity contribution in [2.45, 2.75) is 44.6 Å². The highest BCUT2D eigenvalue weighted by Gasteiger charge is 2.71. The zero-order chi connectivity index (χ0) is 8.94. The van der Waals surface area contributed by atoms with E-state index in [2.05, 4.69) is 0 Å². The molecule has 13 heavy (non-hydrogen) atoms. The van der Waals surface area contributed by atoms with Crippen LogP contribution in [0.25, 0.3) is 0 Å². The Bertz CT molecular complexity index is 218. The Labute approximate surface area is 79.3 Å². The average molecular weight is 182 g/mol. The summed E-state index contributed by atoms with van der Waals surface area (Å²) in [5.74, 6) is 0. The van der Waals surface area contributed by atoms with E-state index >= 15 is 0 Å². The summed E-state index contributed by atoms with van der Waals surface area (Å²) in [6.07, 6.45) is 8.87. The van der Waals surface area contributed by atoms with Crippen molar-refractivity contribution < 1.29 is 9.84 Å². The van der Waals surface area contributed by atoms with E-state index in [9.17, 15) is 0 Å². The standard InChI is InChI=1S/C11H18O2/c12-7-8-13-9-1-2-11(9)6-5-10(11)3-4-10/h9,12H,1-8H2. The molecule has 2 heteroatoms. The summed E-state index contributed by atoms with van der Waals surface area (Å²) < 4.78 is 5.71. The number of aliphatic hydroxyl groups is 1. The molecule has 3 fully saturated rings. The van der Waals surface area contributed by atoms with Gasteiger partial charge in [-0.1, -0.05) is 0 Å². The second kappa shape index (κ2) is 2.48. The van der Waals surface area contributed by atoms with E-state index < -0.39 is 0 Å². The first kappa shape index (κ1) is 8.25. The van der Waals surface area contributed by atoms with Crippen molar-refractivity contribution in [2.24, 2.45) is 10.8 Å². The minimum Gasteiger partial charge on any atom is -0.394 e. The lowest BCUT2D eigenvalue weighted by atomic mass is 9.46. The SMILES string of the molecule is OCCOC1CCC12CCC21CC1. The molecule has 0 amide bonds. The maximum atomic E-state index is 8.72. The second-order valence-electron chi connectivity index (χ2n) is 5.06. The average Bonchev–Trinajstić information content (AvgIpc) is 2.82. The molecule has 74 valence electrons. The highest BCUT2D eigenvalue weighted by molar-refractivity contribution is 5.21. The fourth-order valence-corrected chi connectivity index (χ4v) is 3.64. The third kappa shape index (κ3) is 0.861. The van der Waals surface area contributed by atoms with Gasteiger partial charge in [0.15, 0.2) is 0 Å². The molecule has 0 aliphatic heterocycles. The molecule has 2 unspecified atom stereocenters. The Balaban J connectivity index is 1.65. The highest BCUT2D eigenvalue weighted by atomic mass is 16.5. The quantitative estimate of drug-likeness (QED) is 0.720. The van der Waals surface area contributed by atoms with Crippen LogP contribution in [0.5, 0.6) is 0 Å². The fraction of sp³-hybridized carbons (Fsp3) is 1.00. The third-order valence-corrected chi connectivity index (χ3v) is 4.84. The van der Waals surface area contributed by atoms with E-state index in [0.717, 1.165) is 5.41 Å². The number of hydrogen-bond acceptors (Lipinski definition) is 2. The van der Waals surface area contributed by atoms with Gasteiger partial charge in [-0.3, -0.25) is 0 Å². The minimum atomic E-state index is 0.180. The van der Waals surface area contributed by atoms with Gasteiger partial charge in [-0.05, 0) is 43.9 Å². The van der Waals surface area contributed by atoms with Crippen LogP contribution >= 0.6 is 0 Å². The van der Waals surface area contributed by atoms with Crippen LogP contribution in [0.2, 0.25) is 0 Å². The fourth-order valence-electron chi connectivity index (χ4n) is 3.64. The molecule has 0 radical (unpaired) electrons. The second-order valence-corrected chi connectivity index (χ2v) is 5.06. The first-order chi connectivity index (χ1) is 6.33. The smallest absolute Gasteiger partial charge is 0.0701 e. The predicted molar refractivity (Wildman–Crippen MR) is 49.4 cm³/mol. The van der Waals surface area contributed by atoms with Gasteiger partial charge in [0.2, 0.25) is 0 Å². The van der Waals surface area contributed by atoms with Crippen LogP contribution in [0.4, 0.5) is 0 Å². The van der Waals surface area contributed by atoms with E-state index in [1.54, 1.807) is 0 Å². The third-order valence-electron chi connectivity index (χ3n) is 4.84. The number of ether oxygens (including phenoxy) is 1. The monoisotopic (exact) mass is 182 g/mol. The van der Waals surface area contributed by atoms with Gasteiger partial charge < -0.3 is 9.84 Å². The van der Waals surface area contributed by atoms with Gasteiger partial charge in [0.05, 0.1) is 19.3 Å². The molecule has 2 nitrogen and oxygen atoms in total. The van der Waals surface area contributed by atoms with Crippen molar-refractivity contribution in [1.29, 1.82) is 0 Å². The zero-order valence-corrected chi connectivity index (χ0v) is 8.09. The van der Waals surface area contributed by atoms with Gasteiger partial charge in [0, 0.05) is 5.41 Å². The Hall–Kier alpha value is -0.0800. The van der Waals surface area contributed by atoms with Crippen molar-refractivity contribution >= 4 is 0 Å². The van der Waals surface area contributed by atoms with Crippen molar-refractivity contribution in [3.8, 4) is 0 Å². The molecule has 2 atom stereocenters. The lowest BCUT2D eigenvalue weighted by molar-refractivity contribution is -0.202. The zero-order valence-electron chi connectivity index (χ0n) is 8.09. The molecule has 0 aromatic rings. The largest absolute Gasteiger partial charge is 0.394 e. The van der Waals surface area contributed by atoms with Crippen LogP contribution < -0.4 is 0 Å². The summed E-state index contributed by atoms with van der Waals surface area (Å²) >= 11 is 0. The summed E-state index contributed by atoms with van der Waals surface area (Å²) in [7, 11) is 0. The Kier molecular flexibility index (Phi) is 1.58. The van der Waals surface area contributed by atoms with Gasteiger partial charge >= 0.3 is 0 Å². The Morgan fingerprint density at radius 1 is 1.15 bits per heavy atom. The van der Waals surface area contributed by atoms with E-state index in [1.165, 1.54) is 38.5 Å². The molecule has 0 heterocycles. The molecule has 3 aliphatic carbocycles. The summed E-state index contributed by atoms with van der Waals surface area (Å²) in [6.45, 7) is 0.724. The van der Waals surface area contributed by atoms with E-state index in [1.807, 2.05) is 0 Å². The minimum absolute atomic E-state index is 0.180. The van der Waals surface area contributed by atoms with Gasteiger partial charge in [-0.2, -0.15) is 0 Å². The number of hydrogen-bond donors (Lipinski definition) is 1. The molecule has 3 saturated carbocycles. The van der Waals surface area contributed by atoms with Crippen LogP contribution in [-0.4, -0.2) is 24.4 Å². The molecule has 0 saturated heterocycles. The predicted octanol–water partition coefficient (Wildman–Crippen LogP) is 1.72. The van der Waals surface area contributed by atoms with Crippen LogP contribution in [0.1, 0.15) is 38.5 Å². The topological polar surface area (TPSA) is 29.5 Å². The number of fused-ring (bicyclic) bond motifs is 1. The summed E-state index contributed by atoms with van der Waals surface area (Å²) in [4.78, 5) is 0. The van der Waals surface area contributed by atoms with Crippen LogP contribution in [0.15, 0.2) is 0 Å². The van der Waals surface area contributed by atoms with Gasteiger partial charge in [0.1, 0.15) is 0 Å². The lowest BCUT2D eigenvalue weighted by Crippen LogP contribution is -2.58. The van der Waals surface area contributed by atoms with Gasteiger partial charge in [0.25, 0.3) is 0 Å². The summed E-state index contributed by atoms with van der Waals surface area (Å²) in [5.41, 5.74) is 1.31. The van der Waals surface area contributed by atoms with Crippen LogP contribution in [0.3, 0.4) is 0 Å². The number of rotatable bonds is 3. The Morgan fingerprint density at radius 2 is 1.92 bits per heavy atom. The maximum Gasteiger partial charge on any atom is 0.0701 e. The van der Waals surface area contributed by atoms with E-state index in [0.29, 0.717) is 18.1 Å². The Morgan fingerprint density at radius 3 is 2.31 bits per heavy atom.